The third-order valence-corrected chi connectivity index (χ3v) is 3.01. The lowest BCUT2D eigenvalue weighted by Crippen LogP contribution is -2.24. The number of rotatable bonds is 2. The Morgan fingerprint density at radius 3 is 2.58 bits per heavy atom. The molecular formula is C15H11F2NO. The quantitative estimate of drug-likeness (QED) is 0.900. The average molecular weight is 259 g/mol. The second-order valence-electron chi connectivity index (χ2n) is 4.39. The molecule has 1 unspecified atom stereocenters. The van der Waals surface area contributed by atoms with Crippen LogP contribution in [0.5, 0.6) is 0 Å². The standard InChI is InChI=1S/C15H11F2NO/c1-15(19,11-4-2-3-10(7-11)9-18)13-8-12(16)5-6-14(13)17/h2-8,19H,1H3. The molecule has 0 radical (unpaired) electrons. The van der Waals surface area contributed by atoms with E-state index in [0.29, 0.717) is 11.1 Å². The van der Waals surface area contributed by atoms with Gasteiger partial charge in [0, 0.05) is 5.56 Å². The fraction of sp³-hybridized carbons (Fsp3) is 0.133. The summed E-state index contributed by atoms with van der Waals surface area (Å²) in [4.78, 5) is 0. The van der Waals surface area contributed by atoms with Gasteiger partial charge in [-0.05, 0) is 42.8 Å². The maximum absolute atomic E-state index is 13.7. The summed E-state index contributed by atoms with van der Waals surface area (Å²) in [5, 5.41) is 19.3. The van der Waals surface area contributed by atoms with Crippen molar-refractivity contribution in [3.05, 3.63) is 70.8 Å². The van der Waals surface area contributed by atoms with E-state index >= 15 is 0 Å². The van der Waals surface area contributed by atoms with Crippen LogP contribution in [-0.2, 0) is 5.60 Å². The summed E-state index contributed by atoms with van der Waals surface area (Å²) in [6.07, 6.45) is 0. The molecule has 0 saturated carbocycles. The number of hydrogen-bond acceptors (Lipinski definition) is 2. The van der Waals surface area contributed by atoms with Crippen molar-refractivity contribution in [1.29, 1.82) is 5.26 Å². The number of nitriles is 1. The Kier molecular flexibility index (Phi) is 3.32. The summed E-state index contributed by atoms with van der Waals surface area (Å²) in [6.45, 7) is 1.36. The van der Waals surface area contributed by atoms with Crippen molar-refractivity contribution in [2.24, 2.45) is 0 Å². The van der Waals surface area contributed by atoms with Gasteiger partial charge in [0.15, 0.2) is 0 Å². The smallest absolute Gasteiger partial charge is 0.129 e. The van der Waals surface area contributed by atoms with Gasteiger partial charge < -0.3 is 5.11 Å². The predicted molar refractivity (Wildman–Crippen MR) is 66.2 cm³/mol. The molecule has 2 aromatic carbocycles. The van der Waals surface area contributed by atoms with Crippen LogP contribution in [0.25, 0.3) is 0 Å². The van der Waals surface area contributed by atoms with E-state index in [1.807, 2.05) is 6.07 Å². The number of aliphatic hydroxyl groups is 1. The Labute approximate surface area is 109 Å². The van der Waals surface area contributed by atoms with Crippen LogP contribution in [0.1, 0.15) is 23.6 Å². The molecule has 2 aromatic rings. The molecule has 0 bridgehead atoms. The third-order valence-electron chi connectivity index (χ3n) is 3.01. The highest BCUT2D eigenvalue weighted by Crippen LogP contribution is 2.31. The highest BCUT2D eigenvalue weighted by atomic mass is 19.1. The first-order valence-corrected chi connectivity index (χ1v) is 5.63. The zero-order valence-corrected chi connectivity index (χ0v) is 10.2. The predicted octanol–water partition coefficient (Wildman–Crippen LogP) is 3.09. The molecule has 1 N–H and O–H groups in total. The molecule has 2 nitrogen and oxygen atoms in total. The van der Waals surface area contributed by atoms with Gasteiger partial charge >= 0.3 is 0 Å². The molecule has 0 spiro atoms. The lowest BCUT2D eigenvalue weighted by molar-refractivity contribution is 0.0975. The van der Waals surface area contributed by atoms with E-state index in [2.05, 4.69) is 0 Å². The van der Waals surface area contributed by atoms with Gasteiger partial charge in [-0.25, -0.2) is 8.78 Å². The molecule has 0 aromatic heterocycles. The molecule has 0 fully saturated rings. The zero-order valence-electron chi connectivity index (χ0n) is 10.2. The minimum Gasteiger partial charge on any atom is -0.381 e. The molecule has 19 heavy (non-hydrogen) atoms. The van der Waals surface area contributed by atoms with Crippen molar-refractivity contribution in [1.82, 2.24) is 0 Å². The van der Waals surface area contributed by atoms with Crippen molar-refractivity contribution in [2.75, 3.05) is 0 Å². The first-order valence-electron chi connectivity index (χ1n) is 5.63. The lowest BCUT2D eigenvalue weighted by Gasteiger charge is -2.25. The summed E-state index contributed by atoms with van der Waals surface area (Å²) in [6, 6.07) is 11.0. The van der Waals surface area contributed by atoms with Crippen LogP contribution in [0.15, 0.2) is 42.5 Å². The summed E-state index contributed by atoms with van der Waals surface area (Å²) in [5.74, 6) is -1.33. The highest BCUT2D eigenvalue weighted by molar-refractivity contribution is 5.41. The number of nitrogens with zero attached hydrogens (tertiary/aromatic N) is 1. The molecule has 0 aliphatic rings. The topological polar surface area (TPSA) is 44.0 Å². The van der Waals surface area contributed by atoms with Crippen LogP contribution < -0.4 is 0 Å². The van der Waals surface area contributed by atoms with E-state index in [9.17, 15) is 13.9 Å². The minimum atomic E-state index is -1.71. The van der Waals surface area contributed by atoms with Gasteiger partial charge in [-0.15, -0.1) is 0 Å². The van der Waals surface area contributed by atoms with Crippen LogP contribution in [-0.4, -0.2) is 5.11 Å². The highest BCUT2D eigenvalue weighted by Gasteiger charge is 2.29. The summed E-state index contributed by atoms with van der Waals surface area (Å²) < 4.78 is 27.0. The molecule has 1 atom stereocenters. The van der Waals surface area contributed by atoms with E-state index in [4.69, 9.17) is 5.26 Å². The largest absolute Gasteiger partial charge is 0.381 e. The monoisotopic (exact) mass is 259 g/mol. The van der Waals surface area contributed by atoms with Crippen LogP contribution in [0.3, 0.4) is 0 Å². The Hall–Kier alpha value is -2.25. The summed E-state index contributed by atoms with van der Waals surface area (Å²) in [5.41, 5.74) is -1.20. The van der Waals surface area contributed by atoms with Crippen molar-refractivity contribution >= 4 is 0 Å². The van der Waals surface area contributed by atoms with Crippen molar-refractivity contribution in [2.45, 2.75) is 12.5 Å². The van der Waals surface area contributed by atoms with E-state index in [0.717, 1.165) is 18.2 Å². The van der Waals surface area contributed by atoms with Crippen molar-refractivity contribution in [3.8, 4) is 6.07 Å². The maximum Gasteiger partial charge on any atom is 0.129 e. The minimum absolute atomic E-state index is 0.164. The SMILES string of the molecule is CC(O)(c1cccc(C#N)c1)c1cc(F)ccc1F. The molecule has 0 saturated heterocycles. The molecule has 2 rings (SSSR count). The van der Waals surface area contributed by atoms with Gasteiger partial charge in [0.05, 0.1) is 11.6 Å². The Balaban J connectivity index is 2.58. The molecule has 0 amide bonds. The molecule has 0 aliphatic carbocycles. The Morgan fingerprint density at radius 2 is 1.89 bits per heavy atom. The van der Waals surface area contributed by atoms with Crippen LogP contribution in [0.2, 0.25) is 0 Å². The third kappa shape index (κ3) is 2.47. The maximum atomic E-state index is 13.7. The van der Waals surface area contributed by atoms with Crippen LogP contribution in [0.4, 0.5) is 8.78 Å². The second-order valence-corrected chi connectivity index (χ2v) is 4.39. The Bertz CT molecular complexity index is 659. The molecule has 0 aliphatic heterocycles. The second kappa shape index (κ2) is 4.79. The van der Waals surface area contributed by atoms with Crippen molar-refractivity contribution in [3.63, 3.8) is 0 Å². The first kappa shape index (κ1) is 13.2. The first-order chi connectivity index (χ1) is 8.95. The molecule has 4 heteroatoms. The fourth-order valence-corrected chi connectivity index (χ4v) is 1.92. The van der Waals surface area contributed by atoms with Gasteiger partial charge in [0.1, 0.15) is 17.2 Å². The van der Waals surface area contributed by atoms with E-state index < -0.39 is 17.2 Å². The number of halogens is 2. The van der Waals surface area contributed by atoms with Crippen molar-refractivity contribution < 1.29 is 13.9 Å². The van der Waals surface area contributed by atoms with E-state index in [-0.39, 0.29) is 5.56 Å². The van der Waals surface area contributed by atoms with Gasteiger partial charge in [-0.3, -0.25) is 0 Å². The molecular weight excluding hydrogens is 248 g/mol. The van der Waals surface area contributed by atoms with Gasteiger partial charge in [0.25, 0.3) is 0 Å². The van der Waals surface area contributed by atoms with Gasteiger partial charge in [0.2, 0.25) is 0 Å². The average Bonchev–Trinajstić information content (AvgIpc) is 2.41. The summed E-state index contributed by atoms with van der Waals surface area (Å²) >= 11 is 0. The summed E-state index contributed by atoms with van der Waals surface area (Å²) in [7, 11) is 0. The number of hydrogen-bond donors (Lipinski definition) is 1. The molecule has 96 valence electrons. The number of benzene rings is 2. The van der Waals surface area contributed by atoms with Crippen LogP contribution >= 0.6 is 0 Å². The fourth-order valence-electron chi connectivity index (χ4n) is 1.92. The Morgan fingerprint density at radius 1 is 1.16 bits per heavy atom. The van der Waals surface area contributed by atoms with E-state index in [1.54, 1.807) is 18.2 Å². The van der Waals surface area contributed by atoms with E-state index in [1.165, 1.54) is 13.0 Å². The van der Waals surface area contributed by atoms with Gasteiger partial charge in [-0.1, -0.05) is 12.1 Å². The normalized spacial score (nSPS) is 13.6. The lowest BCUT2D eigenvalue weighted by atomic mass is 9.87. The molecule has 0 heterocycles. The zero-order chi connectivity index (χ0) is 14.0. The van der Waals surface area contributed by atoms with Crippen LogP contribution in [0, 0.1) is 23.0 Å². The van der Waals surface area contributed by atoms with Gasteiger partial charge in [-0.2, -0.15) is 5.26 Å².